The van der Waals surface area contributed by atoms with Gasteiger partial charge in [-0.2, -0.15) is 0 Å². The van der Waals surface area contributed by atoms with Crippen LogP contribution in [-0.2, 0) is 11.2 Å². The monoisotopic (exact) mass is 238 g/mol. The van der Waals surface area contributed by atoms with Crippen molar-refractivity contribution >= 4 is 17.5 Å². The number of amides is 1. The van der Waals surface area contributed by atoms with Crippen LogP contribution >= 0.6 is 11.6 Å². The largest absolute Gasteiger partial charge is 0.355 e. The van der Waals surface area contributed by atoms with Crippen molar-refractivity contribution in [3.05, 3.63) is 34.9 Å². The molecule has 1 aliphatic heterocycles. The number of benzene rings is 1. The molecule has 1 heterocycles. The Morgan fingerprint density at radius 1 is 1.25 bits per heavy atom. The Morgan fingerprint density at radius 3 is 2.75 bits per heavy atom. The van der Waals surface area contributed by atoms with Crippen LogP contribution in [0.4, 0.5) is 0 Å². The van der Waals surface area contributed by atoms with Crippen LogP contribution in [0.5, 0.6) is 0 Å². The van der Waals surface area contributed by atoms with Gasteiger partial charge in [0.1, 0.15) is 0 Å². The minimum Gasteiger partial charge on any atom is -0.355 e. The summed E-state index contributed by atoms with van der Waals surface area (Å²) < 4.78 is 0. The van der Waals surface area contributed by atoms with Gasteiger partial charge in [-0.25, -0.2) is 0 Å². The number of hydrogen-bond donors (Lipinski definition) is 2. The van der Waals surface area contributed by atoms with E-state index in [1.165, 1.54) is 5.56 Å². The van der Waals surface area contributed by atoms with Crippen LogP contribution < -0.4 is 10.6 Å². The van der Waals surface area contributed by atoms with E-state index < -0.39 is 0 Å². The highest BCUT2D eigenvalue weighted by molar-refractivity contribution is 6.30. The average Bonchev–Trinajstić information content (AvgIpc) is 2.46. The molecule has 0 spiro atoms. The van der Waals surface area contributed by atoms with Crippen LogP contribution in [0.15, 0.2) is 24.3 Å². The summed E-state index contributed by atoms with van der Waals surface area (Å²) in [5, 5.41) is 6.95. The van der Waals surface area contributed by atoms with Crippen LogP contribution in [0.2, 0.25) is 5.02 Å². The number of nitrogens with one attached hydrogen (secondary N) is 2. The molecule has 1 amide bonds. The lowest BCUT2D eigenvalue weighted by atomic mass is 10.0. The van der Waals surface area contributed by atoms with Gasteiger partial charge >= 0.3 is 0 Å². The third kappa shape index (κ3) is 3.22. The number of rotatable bonds is 2. The van der Waals surface area contributed by atoms with Crippen LogP contribution in [0.25, 0.3) is 0 Å². The van der Waals surface area contributed by atoms with E-state index >= 15 is 0 Å². The molecule has 0 bridgehead atoms. The topological polar surface area (TPSA) is 41.1 Å². The lowest BCUT2D eigenvalue weighted by Gasteiger charge is -2.14. The second kappa shape index (κ2) is 5.32. The quantitative estimate of drug-likeness (QED) is 0.817. The van der Waals surface area contributed by atoms with Gasteiger partial charge in [0.2, 0.25) is 5.91 Å². The summed E-state index contributed by atoms with van der Waals surface area (Å²) in [7, 11) is 0. The highest BCUT2D eigenvalue weighted by atomic mass is 35.5. The molecule has 0 radical (unpaired) electrons. The molecular formula is C12H15ClN2O. The van der Waals surface area contributed by atoms with E-state index in [-0.39, 0.29) is 11.9 Å². The third-order valence-corrected chi connectivity index (χ3v) is 2.96. The second-order valence-corrected chi connectivity index (χ2v) is 4.47. The summed E-state index contributed by atoms with van der Waals surface area (Å²) in [4.78, 5) is 11.4. The van der Waals surface area contributed by atoms with Gasteiger partial charge in [-0.15, -0.1) is 0 Å². The Hall–Kier alpha value is -1.06. The van der Waals surface area contributed by atoms with Gasteiger partial charge in [-0.3, -0.25) is 4.79 Å². The van der Waals surface area contributed by atoms with Crippen LogP contribution in [0.1, 0.15) is 12.0 Å². The summed E-state index contributed by atoms with van der Waals surface area (Å²) in [6.45, 7) is 1.56. The minimum atomic E-state index is 0.129. The molecule has 16 heavy (non-hydrogen) atoms. The molecule has 0 aliphatic carbocycles. The van der Waals surface area contributed by atoms with Gasteiger partial charge in [0.15, 0.2) is 0 Å². The van der Waals surface area contributed by atoms with E-state index in [0.717, 1.165) is 24.5 Å². The number of halogens is 1. The normalized spacial score (nSPS) is 21.3. The molecule has 1 aromatic rings. The Balaban J connectivity index is 1.97. The molecule has 3 nitrogen and oxygen atoms in total. The maximum atomic E-state index is 11.4. The zero-order valence-corrected chi connectivity index (χ0v) is 9.76. The molecule has 1 saturated heterocycles. The van der Waals surface area contributed by atoms with Gasteiger partial charge in [-0.05, 0) is 24.1 Å². The Morgan fingerprint density at radius 2 is 2.00 bits per heavy atom. The molecule has 86 valence electrons. The average molecular weight is 239 g/mol. The summed E-state index contributed by atoms with van der Waals surface area (Å²) in [6, 6.07) is 8.00. The molecule has 1 aromatic carbocycles. The SMILES string of the molecule is O=C1CC(Cc2ccc(Cl)cc2)NCCN1. The summed E-state index contributed by atoms with van der Waals surface area (Å²) in [5.74, 6) is 0.129. The first-order valence-electron chi connectivity index (χ1n) is 5.48. The molecule has 4 heteroatoms. The van der Waals surface area contributed by atoms with E-state index in [4.69, 9.17) is 11.6 Å². The van der Waals surface area contributed by atoms with Crippen molar-refractivity contribution < 1.29 is 4.79 Å². The zero-order valence-electron chi connectivity index (χ0n) is 9.00. The Labute approximate surface area is 100 Å². The Bertz CT molecular complexity index is 364. The van der Waals surface area contributed by atoms with E-state index in [9.17, 15) is 4.79 Å². The highest BCUT2D eigenvalue weighted by Gasteiger charge is 2.16. The van der Waals surface area contributed by atoms with E-state index in [2.05, 4.69) is 10.6 Å². The predicted molar refractivity (Wildman–Crippen MR) is 64.6 cm³/mol. The summed E-state index contributed by atoms with van der Waals surface area (Å²) in [6.07, 6.45) is 1.41. The van der Waals surface area contributed by atoms with Crippen molar-refractivity contribution in [3.63, 3.8) is 0 Å². The molecule has 0 aromatic heterocycles. The number of carbonyl (C=O) groups excluding carboxylic acids is 1. The lowest BCUT2D eigenvalue weighted by molar-refractivity contribution is -0.121. The number of hydrogen-bond acceptors (Lipinski definition) is 2. The van der Waals surface area contributed by atoms with Crippen LogP contribution in [0.3, 0.4) is 0 Å². The zero-order chi connectivity index (χ0) is 11.4. The molecule has 2 rings (SSSR count). The standard InChI is InChI=1S/C12H15ClN2O/c13-10-3-1-9(2-4-10)7-11-8-12(16)15-6-5-14-11/h1-4,11,14H,5-8H2,(H,15,16). The second-order valence-electron chi connectivity index (χ2n) is 4.04. The van der Waals surface area contributed by atoms with Crippen molar-refractivity contribution in [2.45, 2.75) is 18.9 Å². The van der Waals surface area contributed by atoms with Gasteiger partial charge < -0.3 is 10.6 Å². The molecule has 1 atom stereocenters. The smallest absolute Gasteiger partial charge is 0.221 e. The van der Waals surface area contributed by atoms with Gasteiger partial charge in [0.25, 0.3) is 0 Å². The summed E-state index contributed by atoms with van der Waals surface area (Å²) in [5.41, 5.74) is 1.21. The Kier molecular flexibility index (Phi) is 3.80. The van der Waals surface area contributed by atoms with Gasteiger partial charge in [0.05, 0.1) is 0 Å². The van der Waals surface area contributed by atoms with Crippen LogP contribution in [0, 0.1) is 0 Å². The van der Waals surface area contributed by atoms with E-state index in [1.807, 2.05) is 24.3 Å². The van der Waals surface area contributed by atoms with Crippen molar-refractivity contribution in [3.8, 4) is 0 Å². The first-order chi connectivity index (χ1) is 7.74. The fourth-order valence-corrected chi connectivity index (χ4v) is 2.02. The van der Waals surface area contributed by atoms with Crippen molar-refractivity contribution in [2.24, 2.45) is 0 Å². The summed E-state index contributed by atoms with van der Waals surface area (Å²) >= 11 is 5.82. The predicted octanol–water partition coefficient (Wildman–Crippen LogP) is 1.36. The maximum absolute atomic E-state index is 11.4. The van der Waals surface area contributed by atoms with Gasteiger partial charge in [0, 0.05) is 30.6 Å². The van der Waals surface area contributed by atoms with Crippen molar-refractivity contribution in [2.75, 3.05) is 13.1 Å². The van der Waals surface area contributed by atoms with E-state index in [0.29, 0.717) is 6.42 Å². The van der Waals surface area contributed by atoms with Crippen LogP contribution in [-0.4, -0.2) is 25.0 Å². The number of carbonyl (C=O) groups is 1. The molecule has 1 fully saturated rings. The fourth-order valence-electron chi connectivity index (χ4n) is 1.90. The first kappa shape index (κ1) is 11.4. The molecule has 0 saturated carbocycles. The van der Waals surface area contributed by atoms with E-state index in [1.54, 1.807) is 0 Å². The first-order valence-corrected chi connectivity index (χ1v) is 5.86. The van der Waals surface area contributed by atoms with Crippen molar-refractivity contribution in [1.82, 2.24) is 10.6 Å². The van der Waals surface area contributed by atoms with Crippen molar-refractivity contribution in [1.29, 1.82) is 0 Å². The maximum Gasteiger partial charge on any atom is 0.221 e. The molecule has 1 aliphatic rings. The highest BCUT2D eigenvalue weighted by Crippen LogP contribution is 2.12. The van der Waals surface area contributed by atoms with Gasteiger partial charge in [-0.1, -0.05) is 23.7 Å². The fraction of sp³-hybridized carbons (Fsp3) is 0.417. The minimum absolute atomic E-state index is 0.129. The molecular weight excluding hydrogens is 224 g/mol. The molecule has 2 N–H and O–H groups in total. The molecule has 1 unspecified atom stereocenters. The third-order valence-electron chi connectivity index (χ3n) is 2.71. The lowest BCUT2D eigenvalue weighted by Crippen LogP contribution is -2.31.